The van der Waals surface area contributed by atoms with E-state index in [2.05, 4.69) is 4.98 Å². The van der Waals surface area contributed by atoms with E-state index in [1.54, 1.807) is 36.5 Å². The molecule has 1 atom stereocenters. The Bertz CT molecular complexity index is 937. The first-order chi connectivity index (χ1) is 12.8. The Hall–Kier alpha value is -2.69. The largest absolute Gasteiger partial charge is 0.390 e. The van der Waals surface area contributed by atoms with Gasteiger partial charge in [-0.1, -0.05) is 55.5 Å². The molecule has 1 heterocycles. The van der Waals surface area contributed by atoms with Gasteiger partial charge in [-0.2, -0.15) is 13.2 Å². The normalized spacial score (nSPS) is 14.1. The average molecular weight is 371 g/mol. The second-order valence-electron chi connectivity index (χ2n) is 7.15. The molecule has 0 fully saturated rings. The number of pyridine rings is 1. The van der Waals surface area contributed by atoms with Gasteiger partial charge in [-0.25, -0.2) is 0 Å². The van der Waals surface area contributed by atoms with Gasteiger partial charge in [0.2, 0.25) is 0 Å². The van der Waals surface area contributed by atoms with Crippen LogP contribution in [0.1, 0.15) is 24.5 Å². The zero-order valence-electron chi connectivity index (χ0n) is 15.0. The molecule has 140 valence electrons. The fourth-order valence-corrected chi connectivity index (χ4v) is 3.36. The summed E-state index contributed by atoms with van der Waals surface area (Å²) in [7, 11) is 0. The van der Waals surface area contributed by atoms with Crippen LogP contribution in [-0.2, 0) is 17.6 Å². The van der Waals surface area contributed by atoms with Crippen LogP contribution in [0.4, 0.5) is 13.2 Å². The predicted molar refractivity (Wildman–Crippen MR) is 99.4 cm³/mol. The molecule has 0 radical (unpaired) electrons. The van der Waals surface area contributed by atoms with Gasteiger partial charge in [0.1, 0.15) is 5.78 Å². The second kappa shape index (κ2) is 7.51. The zero-order valence-corrected chi connectivity index (χ0v) is 15.0. The number of hydrogen-bond donors (Lipinski definition) is 0. The third-order valence-electron chi connectivity index (χ3n) is 4.71. The van der Waals surface area contributed by atoms with E-state index in [0.29, 0.717) is 11.1 Å². The average Bonchev–Trinajstić information content (AvgIpc) is 2.61. The minimum atomic E-state index is -4.42. The van der Waals surface area contributed by atoms with E-state index in [4.69, 9.17) is 0 Å². The van der Waals surface area contributed by atoms with Gasteiger partial charge in [-0.15, -0.1) is 0 Å². The Morgan fingerprint density at radius 2 is 1.63 bits per heavy atom. The summed E-state index contributed by atoms with van der Waals surface area (Å²) in [6.45, 7) is 1.41. The number of hydrogen-bond acceptors (Lipinski definition) is 2. The van der Waals surface area contributed by atoms with Gasteiger partial charge >= 0.3 is 6.18 Å². The highest BCUT2D eigenvalue weighted by Crippen LogP contribution is 2.38. The van der Waals surface area contributed by atoms with Gasteiger partial charge in [0.15, 0.2) is 0 Å². The third-order valence-corrected chi connectivity index (χ3v) is 4.71. The topological polar surface area (TPSA) is 30.0 Å². The number of para-hydroxylation sites is 1. The summed E-state index contributed by atoms with van der Waals surface area (Å²) < 4.78 is 39.6. The third kappa shape index (κ3) is 4.94. The molecule has 0 aliphatic carbocycles. The molecule has 3 aromatic rings. The summed E-state index contributed by atoms with van der Waals surface area (Å²) in [6.07, 6.45) is -4.02. The molecule has 1 aromatic heterocycles. The number of rotatable bonds is 6. The van der Waals surface area contributed by atoms with Crippen molar-refractivity contribution in [3.63, 3.8) is 0 Å². The van der Waals surface area contributed by atoms with Gasteiger partial charge in [0, 0.05) is 23.4 Å². The van der Waals surface area contributed by atoms with Crippen LogP contribution in [0.15, 0.2) is 66.9 Å². The quantitative estimate of drug-likeness (QED) is 0.569. The molecule has 0 spiro atoms. The van der Waals surface area contributed by atoms with Crippen molar-refractivity contribution in [2.24, 2.45) is 5.41 Å². The van der Waals surface area contributed by atoms with Crippen molar-refractivity contribution in [3.8, 4) is 0 Å². The summed E-state index contributed by atoms with van der Waals surface area (Å²) in [5.41, 5.74) is 0.607. The Morgan fingerprint density at radius 3 is 2.33 bits per heavy atom. The number of alkyl halides is 3. The van der Waals surface area contributed by atoms with Crippen molar-refractivity contribution in [1.29, 1.82) is 0 Å². The number of fused-ring (bicyclic) bond motifs is 1. The minimum absolute atomic E-state index is 0.0488. The van der Waals surface area contributed by atoms with Crippen molar-refractivity contribution in [3.05, 3.63) is 78.0 Å². The van der Waals surface area contributed by atoms with Crippen LogP contribution in [0.2, 0.25) is 0 Å². The SMILES string of the molecule is CC(Cc1ccccc1)(CC(F)(F)F)C(=O)Cc1cnc2ccccc2c1. The molecule has 0 aliphatic heterocycles. The highest BCUT2D eigenvalue weighted by Gasteiger charge is 2.43. The summed E-state index contributed by atoms with van der Waals surface area (Å²) in [6, 6.07) is 18.1. The first-order valence-electron chi connectivity index (χ1n) is 8.73. The Morgan fingerprint density at radius 1 is 0.963 bits per heavy atom. The molecule has 0 aliphatic rings. The number of carbonyl (C=O) groups excluding carboxylic acids is 1. The standard InChI is InChI=1S/C22H20F3NO/c1-21(15-22(23,24)25,13-16-7-3-2-4-8-16)20(27)12-17-11-18-9-5-6-10-19(18)26-14-17/h2-11,14H,12-13,15H2,1H3. The van der Waals surface area contributed by atoms with E-state index in [-0.39, 0.29) is 12.8 Å². The summed E-state index contributed by atoms with van der Waals surface area (Å²) in [5, 5.41) is 0.864. The summed E-state index contributed by atoms with van der Waals surface area (Å²) in [4.78, 5) is 17.2. The number of aromatic nitrogens is 1. The lowest BCUT2D eigenvalue weighted by atomic mass is 9.75. The number of Topliss-reactive ketones (excluding diaryl/α,β-unsaturated/α-hetero) is 1. The molecule has 0 saturated carbocycles. The molecule has 1 unspecified atom stereocenters. The van der Waals surface area contributed by atoms with Crippen LogP contribution in [0.5, 0.6) is 0 Å². The van der Waals surface area contributed by atoms with Crippen LogP contribution in [-0.4, -0.2) is 16.9 Å². The van der Waals surface area contributed by atoms with Gasteiger partial charge < -0.3 is 0 Å². The first-order valence-corrected chi connectivity index (χ1v) is 8.73. The van der Waals surface area contributed by atoms with E-state index in [9.17, 15) is 18.0 Å². The molecule has 0 saturated heterocycles. The van der Waals surface area contributed by atoms with Crippen molar-refractivity contribution in [1.82, 2.24) is 4.98 Å². The van der Waals surface area contributed by atoms with Crippen molar-refractivity contribution in [2.75, 3.05) is 0 Å². The van der Waals surface area contributed by atoms with Gasteiger partial charge in [-0.05, 0) is 29.7 Å². The molecule has 3 rings (SSSR count). The van der Waals surface area contributed by atoms with Gasteiger partial charge in [-0.3, -0.25) is 9.78 Å². The molecule has 2 aromatic carbocycles. The maximum absolute atomic E-state index is 13.2. The predicted octanol–water partition coefficient (Wildman–Crippen LogP) is 5.55. The van der Waals surface area contributed by atoms with E-state index in [1.807, 2.05) is 30.3 Å². The Kier molecular flexibility index (Phi) is 5.31. The second-order valence-corrected chi connectivity index (χ2v) is 7.15. The molecule has 0 bridgehead atoms. The van der Waals surface area contributed by atoms with Crippen LogP contribution < -0.4 is 0 Å². The van der Waals surface area contributed by atoms with Crippen LogP contribution in [0, 0.1) is 5.41 Å². The number of halogens is 3. The highest BCUT2D eigenvalue weighted by atomic mass is 19.4. The molecule has 5 heteroatoms. The minimum Gasteiger partial charge on any atom is -0.299 e. The number of nitrogens with zero attached hydrogens (tertiary/aromatic N) is 1. The molecule has 0 N–H and O–H groups in total. The lowest BCUT2D eigenvalue weighted by Gasteiger charge is -2.29. The lowest BCUT2D eigenvalue weighted by Crippen LogP contribution is -2.36. The molecular weight excluding hydrogens is 351 g/mol. The van der Waals surface area contributed by atoms with Crippen molar-refractivity contribution < 1.29 is 18.0 Å². The monoisotopic (exact) mass is 371 g/mol. The van der Waals surface area contributed by atoms with Crippen molar-refractivity contribution >= 4 is 16.7 Å². The summed E-state index contributed by atoms with van der Waals surface area (Å²) in [5.74, 6) is -0.430. The molecule has 0 amide bonds. The number of ketones is 1. The first kappa shape index (κ1) is 19.1. The molecular formula is C22H20F3NO. The molecule has 27 heavy (non-hydrogen) atoms. The Labute approximate surface area is 156 Å². The van der Waals surface area contributed by atoms with Crippen LogP contribution in [0.25, 0.3) is 10.9 Å². The lowest BCUT2D eigenvalue weighted by molar-refractivity contribution is -0.165. The summed E-state index contributed by atoms with van der Waals surface area (Å²) >= 11 is 0. The van der Waals surface area contributed by atoms with E-state index in [1.165, 1.54) is 6.92 Å². The van der Waals surface area contributed by atoms with Gasteiger partial charge in [0.05, 0.1) is 11.9 Å². The fraction of sp³-hybridized carbons (Fsp3) is 0.273. The highest BCUT2D eigenvalue weighted by molar-refractivity contribution is 5.88. The maximum atomic E-state index is 13.2. The smallest absolute Gasteiger partial charge is 0.299 e. The van der Waals surface area contributed by atoms with E-state index in [0.717, 1.165) is 10.9 Å². The number of carbonyl (C=O) groups is 1. The fourth-order valence-electron chi connectivity index (χ4n) is 3.36. The van der Waals surface area contributed by atoms with Crippen LogP contribution >= 0.6 is 0 Å². The molecule has 2 nitrogen and oxygen atoms in total. The van der Waals surface area contributed by atoms with Crippen LogP contribution in [0.3, 0.4) is 0 Å². The Balaban J connectivity index is 1.86. The zero-order chi connectivity index (χ0) is 19.5. The maximum Gasteiger partial charge on any atom is 0.390 e. The van der Waals surface area contributed by atoms with E-state index < -0.39 is 23.8 Å². The number of benzene rings is 2. The van der Waals surface area contributed by atoms with E-state index >= 15 is 0 Å². The van der Waals surface area contributed by atoms with Gasteiger partial charge in [0.25, 0.3) is 0 Å². The van der Waals surface area contributed by atoms with Crippen molar-refractivity contribution in [2.45, 2.75) is 32.4 Å².